The first-order valence-electron chi connectivity index (χ1n) is 7.12. The fourth-order valence-electron chi connectivity index (χ4n) is 3.94. The lowest BCUT2D eigenvalue weighted by atomic mass is 9.63. The Balaban J connectivity index is 1.94. The predicted octanol–water partition coefficient (Wildman–Crippen LogP) is 3.57. The van der Waals surface area contributed by atoms with Crippen molar-refractivity contribution in [2.24, 2.45) is 11.3 Å². The highest BCUT2D eigenvalue weighted by molar-refractivity contribution is 5.25. The molecular formula is C16H23N. The molecule has 1 nitrogen and oxygen atoms in total. The lowest BCUT2D eigenvalue weighted by molar-refractivity contribution is 0.123. The van der Waals surface area contributed by atoms with Gasteiger partial charge in [0.1, 0.15) is 0 Å². The molecule has 2 aliphatic rings. The lowest BCUT2D eigenvalue weighted by Crippen LogP contribution is -2.44. The van der Waals surface area contributed by atoms with Crippen LogP contribution in [0.15, 0.2) is 30.3 Å². The second kappa shape index (κ2) is 4.45. The number of hydrogen-bond acceptors (Lipinski definition) is 1. The van der Waals surface area contributed by atoms with Crippen LogP contribution in [-0.2, 0) is 0 Å². The highest BCUT2D eigenvalue weighted by Crippen LogP contribution is 2.58. The van der Waals surface area contributed by atoms with Gasteiger partial charge in [0.25, 0.3) is 0 Å². The molecule has 2 atom stereocenters. The van der Waals surface area contributed by atoms with Gasteiger partial charge in [0.15, 0.2) is 0 Å². The van der Waals surface area contributed by atoms with Gasteiger partial charge in [0.05, 0.1) is 0 Å². The third kappa shape index (κ3) is 1.91. The molecule has 0 bridgehead atoms. The smallest absolute Gasteiger partial charge is 0.00256 e. The summed E-state index contributed by atoms with van der Waals surface area (Å²) in [6, 6.07) is 11.2. The van der Waals surface area contributed by atoms with Gasteiger partial charge in [-0.1, -0.05) is 37.3 Å². The summed E-state index contributed by atoms with van der Waals surface area (Å²) in [5.41, 5.74) is 2.14. The molecule has 1 heteroatoms. The zero-order valence-corrected chi connectivity index (χ0v) is 10.8. The van der Waals surface area contributed by atoms with Crippen molar-refractivity contribution < 1.29 is 0 Å². The maximum Gasteiger partial charge on any atom is 0.00256 e. The Bertz CT molecular complexity index is 368. The second-order valence-electron chi connectivity index (χ2n) is 5.78. The van der Waals surface area contributed by atoms with Crippen LogP contribution < -0.4 is 5.32 Å². The Morgan fingerprint density at radius 1 is 1.24 bits per heavy atom. The molecule has 17 heavy (non-hydrogen) atoms. The van der Waals surface area contributed by atoms with Crippen molar-refractivity contribution in [1.82, 2.24) is 5.32 Å². The summed E-state index contributed by atoms with van der Waals surface area (Å²) in [6.07, 6.45) is 5.65. The van der Waals surface area contributed by atoms with Crippen molar-refractivity contribution in [2.75, 3.05) is 13.1 Å². The molecule has 1 aromatic carbocycles. The third-order valence-corrected chi connectivity index (χ3v) is 5.06. The topological polar surface area (TPSA) is 12.0 Å². The van der Waals surface area contributed by atoms with E-state index in [4.69, 9.17) is 0 Å². The molecule has 1 saturated heterocycles. The number of rotatable bonds is 3. The van der Waals surface area contributed by atoms with E-state index in [1.807, 2.05) is 0 Å². The minimum atomic E-state index is 0.590. The Hall–Kier alpha value is -0.820. The average molecular weight is 229 g/mol. The van der Waals surface area contributed by atoms with E-state index in [2.05, 4.69) is 42.6 Å². The fraction of sp³-hybridized carbons (Fsp3) is 0.625. The molecule has 1 aromatic rings. The molecule has 0 aromatic heterocycles. The van der Waals surface area contributed by atoms with Crippen LogP contribution in [0.2, 0.25) is 0 Å². The highest BCUT2D eigenvalue weighted by Gasteiger charge is 2.50. The van der Waals surface area contributed by atoms with Crippen molar-refractivity contribution >= 4 is 0 Å². The SMILES string of the molecule is CCC1(C2CC2)CCNCC1c1ccccc1. The zero-order valence-electron chi connectivity index (χ0n) is 10.8. The zero-order chi connectivity index (χ0) is 11.7. The van der Waals surface area contributed by atoms with Gasteiger partial charge in [-0.3, -0.25) is 0 Å². The fourth-order valence-corrected chi connectivity index (χ4v) is 3.94. The van der Waals surface area contributed by atoms with Gasteiger partial charge >= 0.3 is 0 Å². The van der Waals surface area contributed by atoms with Crippen LogP contribution in [-0.4, -0.2) is 13.1 Å². The summed E-state index contributed by atoms with van der Waals surface area (Å²) >= 11 is 0. The summed E-state index contributed by atoms with van der Waals surface area (Å²) in [6.45, 7) is 4.79. The van der Waals surface area contributed by atoms with Gasteiger partial charge in [0, 0.05) is 12.5 Å². The molecule has 1 N–H and O–H groups in total. The summed E-state index contributed by atoms with van der Waals surface area (Å²) < 4.78 is 0. The maximum atomic E-state index is 3.61. The van der Waals surface area contributed by atoms with Gasteiger partial charge < -0.3 is 5.32 Å². The number of nitrogens with one attached hydrogen (secondary N) is 1. The van der Waals surface area contributed by atoms with Crippen LogP contribution in [0.3, 0.4) is 0 Å². The quantitative estimate of drug-likeness (QED) is 0.835. The van der Waals surface area contributed by atoms with Crippen molar-refractivity contribution in [2.45, 2.75) is 38.5 Å². The molecule has 2 fully saturated rings. The van der Waals surface area contributed by atoms with Gasteiger partial charge in [-0.25, -0.2) is 0 Å². The highest BCUT2D eigenvalue weighted by atomic mass is 14.9. The first-order valence-corrected chi connectivity index (χ1v) is 7.12. The molecule has 0 amide bonds. The van der Waals surface area contributed by atoms with Crippen LogP contribution in [0.25, 0.3) is 0 Å². The van der Waals surface area contributed by atoms with E-state index in [-0.39, 0.29) is 0 Å². The van der Waals surface area contributed by atoms with Crippen LogP contribution in [0, 0.1) is 11.3 Å². The number of benzene rings is 1. The molecule has 2 unspecified atom stereocenters. The normalized spacial score (nSPS) is 33.6. The molecule has 1 aliphatic heterocycles. The van der Waals surface area contributed by atoms with Crippen molar-refractivity contribution in [3.8, 4) is 0 Å². The number of piperidine rings is 1. The number of hydrogen-bond donors (Lipinski definition) is 1. The lowest BCUT2D eigenvalue weighted by Gasteiger charge is -2.45. The van der Waals surface area contributed by atoms with E-state index in [0.717, 1.165) is 11.8 Å². The third-order valence-electron chi connectivity index (χ3n) is 5.06. The Morgan fingerprint density at radius 2 is 2.00 bits per heavy atom. The van der Waals surface area contributed by atoms with E-state index >= 15 is 0 Å². The predicted molar refractivity (Wildman–Crippen MR) is 72.1 cm³/mol. The summed E-state index contributed by atoms with van der Waals surface area (Å²) in [5.74, 6) is 1.73. The Morgan fingerprint density at radius 3 is 2.65 bits per heavy atom. The van der Waals surface area contributed by atoms with Crippen LogP contribution in [0.5, 0.6) is 0 Å². The van der Waals surface area contributed by atoms with Gasteiger partial charge in [-0.15, -0.1) is 0 Å². The minimum absolute atomic E-state index is 0.590. The first kappa shape index (κ1) is 11.3. The molecule has 3 rings (SSSR count). The van der Waals surface area contributed by atoms with Crippen LogP contribution in [0.4, 0.5) is 0 Å². The molecule has 1 saturated carbocycles. The summed E-state index contributed by atoms with van der Waals surface area (Å²) in [4.78, 5) is 0. The Kier molecular flexibility index (Phi) is 2.96. The summed E-state index contributed by atoms with van der Waals surface area (Å²) in [5, 5.41) is 3.61. The molecular weight excluding hydrogens is 206 g/mol. The van der Waals surface area contributed by atoms with Crippen LogP contribution >= 0.6 is 0 Å². The largest absolute Gasteiger partial charge is 0.316 e. The van der Waals surface area contributed by atoms with Gasteiger partial charge in [-0.2, -0.15) is 0 Å². The first-order chi connectivity index (χ1) is 8.37. The van der Waals surface area contributed by atoms with E-state index in [0.29, 0.717) is 5.41 Å². The van der Waals surface area contributed by atoms with Crippen molar-refractivity contribution in [1.29, 1.82) is 0 Å². The minimum Gasteiger partial charge on any atom is -0.316 e. The molecule has 1 aliphatic carbocycles. The maximum absolute atomic E-state index is 3.61. The van der Waals surface area contributed by atoms with Crippen molar-refractivity contribution in [3.05, 3.63) is 35.9 Å². The van der Waals surface area contributed by atoms with E-state index in [1.54, 1.807) is 5.56 Å². The second-order valence-corrected chi connectivity index (χ2v) is 5.78. The summed E-state index contributed by atoms with van der Waals surface area (Å²) in [7, 11) is 0. The average Bonchev–Trinajstić information content (AvgIpc) is 3.24. The van der Waals surface area contributed by atoms with Gasteiger partial charge in [0.2, 0.25) is 0 Å². The Labute approximate surface area is 105 Å². The molecule has 0 radical (unpaired) electrons. The van der Waals surface area contributed by atoms with Crippen molar-refractivity contribution in [3.63, 3.8) is 0 Å². The standard InChI is InChI=1S/C16H23N/c1-2-16(14-8-9-14)10-11-17-12-15(16)13-6-4-3-5-7-13/h3-7,14-15,17H,2,8-12H2,1H3. The molecule has 0 spiro atoms. The van der Waals surface area contributed by atoms with E-state index < -0.39 is 0 Å². The van der Waals surface area contributed by atoms with E-state index in [1.165, 1.54) is 38.8 Å². The monoisotopic (exact) mass is 229 g/mol. The van der Waals surface area contributed by atoms with E-state index in [9.17, 15) is 0 Å². The van der Waals surface area contributed by atoms with Gasteiger partial charge in [-0.05, 0) is 49.1 Å². The van der Waals surface area contributed by atoms with Crippen LogP contribution in [0.1, 0.15) is 44.1 Å². The molecule has 1 heterocycles. The molecule has 92 valence electrons.